The Morgan fingerprint density at radius 2 is 1.94 bits per heavy atom. The molecule has 17 heavy (non-hydrogen) atoms. The summed E-state index contributed by atoms with van der Waals surface area (Å²) >= 11 is 1.26. The van der Waals surface area contributed by atoms with Crippen LogP contribution in [0.1, 0.15) is 10.4 Å². The van der Waals surface area contributed by atoms with E-state index in [4.69, 9.17) is 5.11 Å². The van der Waals surface area contributed by atoms with Gasteiger partial charge in [0.2, 0.25) is 0 Å². The molecule has 1 aromatic heterocycles. The Hall–Kier alpha value is -1.88. The minimum Gasteiger partial charge on any atom is -0.478 e. The summed E-state index contributed by atoms with van der Waals surface area (Å²) in [4.78, 5) is 16.2. The standard InChI is InChI=1S/C12H8FNO2S/c13-8-1-2-11(10(7-8)12(15)16)17-9-3-5-14-6-4-9/h1-7H,(H,15,16). The van der Waals surface area contributed by atoms with Crippen LogP contribution in [0.2, 0.25) is 0 Å². The van der Waals surface area contributed by atoms with E-state index in [9.17, 15) is 9.18 Å². The number of carboxylic acid groups (broad SMARTS) is 1. The van der Waals surface area contributed by atoms with Crippen molar-refractivity contribution in [2.24, 2.45) is 0 Å². The second-order valence-corrected chi connectivity index (χ2v) is 4.35. The van der Waals surface area contributed by atoms with E-state index >= 15 is 0 Å². The maximum absolute atomic E-state index is 13.0. The molecule has 0 saturated heterocycles. The fourth-order valence-electron chi connectivity index (χ4n) is 1.29. The normalized spacial score (nSPS) is 10.2. The molecule has 5 heteroatoms. The molecule has 0 radical (unpaired) electrons. The van der Waals surface area contributed by atoms with Crippen LogP contribution < -0.4 is 0 Å². The average Bonchev–Trinajstić information content (AvgIpc) is 2.32. The molecule has 0 atom stereocenters. The van der Waals surface area contributed by atoms with E-state index in [1.807, 2.05) is 0 Å². The lowest BCUT2D eigenvalue weighted by Crippen LogP contribution is -1.99. The average molecular weight is 249 g/mol. The zero-order valence-electron chi connectivity index (χ0n) is 8.63. The molecule has 3 nitrogen and oxygen atoms in total. The van der Waals surface area contributed by atoms with E-state index in [0.29, 0.717) is 4.90 Å². The SMILES string of the molecule is O=C(O)c1cc(F)ccc1Sc1ccncc1. The fraction of sp³-hybridized carbons (Fsp3) is 0. The number of pyridine rings is 1. The first-order valence-electron chi connectivity index (χ1n) is 4.77. The predicted octanol–water partition coefficient (Wildman–Crippen LogP) is 3.07. The lowest BCUT2D eigenvalue weighted by Gasteiger charge is -2.05. The van der Waals surface area contributed by atoms with Gasteiger partial charge in [-0.2, -0.15) is 0 Å². The minimum atomic E-state index is -1.14. The van der Waals surface area contributed by atoms with Crippen molar-refractivity contribution in [3.05, 3.63) is 54.1 Å². The van der Waals surface area contributed by atoms with Crippen molar-refractivity contribution in [2.45, 2.75) is 9.79 Å². The molecule has 0 amide bonds. The first-order chi connectivity index (χ1) is 8.16. The number of aromatic nitrogens is 1. The summed E-state index contributed by atoms with van der Waals surface area (Å²) in [5.74, 6) is -1.69. The first-order valence-corrected chi connectivity index (χ1v) is 5.59. The van der Waals surface area contributed by atoms with Crippen LogP contribution in [0.3, 0.4) is 0 Å². The number of hydrogen-bond acceptors (Lipinski definition) is 3. The molecule has 1 heterocycles. The summed E-state index contributed by atoms with van der Waals surface area (Å²) in [6.45, 7) is 0. The Kier molecular flexibility index (Phi) is 3.39. The summed E-state index contributed by atoms with van der Waals surface area (Å²) in [6, 6.07) is 7.25. The van der Waals surface area contributed by atoms with Crippen molar-refractivity contribution in [2.75, 3.05) is 0 Å². The Morgan fingerprint density at radius 3 is 2.59 bits per heavy atom. The molecule has 2 aromatic rings. The molecule has 0 spiro atoms. The van der Waals surface area contributed by atoms with Crippen molar-refractivity contribution in [3.63, 3.8) is 0 Å². The molecule has 0 saturated carbocycles. The number of hydrogen-bond donors (Lipinski definition) is 1. The van der Waals surface area contributed by atoms with Crippen LogP contribution in [0.4, 0.5) is 4.39 Å². The molecular formula is C12H8FNO2S. The van der Waals surface area contributed by atoms with Gasteiger partial charge in [0.05, 0.1) is 5.56 Å². The lowest BCUT2D eigenvalue weighted by atomic mass is 10.2. The van der Waals surface area contributed by atoms with Crippen LogP contribution in [-0.2, 0) is 0 Å². The van der Waals surface area contributed by atoms with Gasteiger partial charge in [-0.15, -0.1) is 0 Å². The Balaban J connectivity index is 2.36. The molecule has 86 valence electrons. The second-order valence-electron chi connectivity index (χ2n) is 3.23. The van der Waals surface area contributed by atoms with Crippen molar-refractivity contribution < 1.29 is 14.3 Å². The molecule has 0 unspecified atom stereocenters. The van der Waals surface area contributed by atoms with Crippen molar-refractivity contribution in [1.29, 1.82) is 0 Å². The summed E-state index contributed by atoms with van der Waals surface area (Å²) in [6.07, 6.45) is 3.23. The third kappa shape index (κ3) is 2.82. The number of nitrogens with zero attached hydrogens (tertiary/aromatic N) is 1. The molecule has 0 bridgehead atoms. The van der Waals surface area contributed by atoms with Crippen LogP contribution in [-0.4, -0.2) is 16.1 Å². The zero-order valence-corrected chi connectivity index (χ0v) is 9.45. The minimum absolute atomic E-state index is 0.0354. The lowest BCUT2D eigenvalue weighted by molar-refractivity contribution is 0.0692. The third-order valence-corrected chi connectivity index (χ3v) is 3.13. The van der Waals surface area contributed by atoms with E-state index < -0.39 is 11.8 Å². The Labute approximate surface area is 101 Å². The van der Waals surface area contributed by atoms with Crippen LogP contribution in [0.25, 0.3) is 0 Å². The fourth-order valence-corrected chi connectivity index (χ4v) is 2.20. The highest BCUT2D eigenvalue weighted by Gasteiger charge is 2.12. The molecule has 0 aliphatic heterocycles. The van der Waals surface area contributed by atoms with Gasteiger partial charge in [0.15, 0.2) is 0 Å². The monoisotopic (exact) mass is 249 g/mol. The van der Waals surface area contributed by atoms with Crippen LogP contribution in [0.15, 0.2) is 52.5 Å². The van der Waals surface area contributed by atoms with Crippen molar-refractivity contribution in [1.82, 2.24) is 4.98 Å². The van der Waals surface area contributed by atoms with Crippen LogP contribution in [0.5, 0.6) is 0 Å². The molecular weight excluding hydrogens is 241 g/mol. The molecule has 2 rings (SSSR count). The maximum Gasteiger partial charge on any atom is 0.336 e. The van der Waals surface area contributed by atoms with Gasteiger partial charge in [-0.1, -0.05) is 11.8 Å². The number of carbonyl (C=O) groups is 1. The van der Waals surface area contributed by atoms with Gasteiger partial charge in [0.1, 0.15) is 5.82 Å². The topological polar surface area (TPSA) is 50.2 Å². The summed E-state index contributed by atoms with van der Waals surface area (Å²) < 4.78 is 13.0. The van der Waals surface area contributed by atoms with Gasteiger partial charge in [0.25, 0.3) is 0 Å². The number of benzene rings is 1. The summed E-state index contributed by atoms with van der Waals surface area (Å²) in [5.41, 5.74) is -0.0354. The van der Waals surface area contributed by atoms with E-state index in [0.717, 1.165) is 11.0 Å². The Morgan fingerprint density at radius 1 is 1.24 bits per heavy atom. The van der Waals surface area contributed by atoms with Crippen LogP contribution in [0, 0.1) is 5.82 Å². The largest absolute Gasteiger partial charge is 0.478 e. The third-order valence-electron chi connectivity index (χ3n) is 2.05. The molecule has 0 aliphatic carbocycles. The van der Waals surface area contributed by atoms with E-state index in [-0.39, 0.29) is 5.56 Å². The quantitative estimate of drug-likeness (QED) is 0.908. The van der Waals surface area contributed by atoms with Gasteiger partial charge in [-0.25, -0.2) is 9.18 Å². The smallest absolute Gasteiger partial charge is 0.336 e. The van der Waals surface area contributed by atoms with E-state index in [1.54, 1.807) is 24.5 Å². The van der Waals surface area contributed by atoms with Gasteiger partial charge in [0, 0.05) is 22.2 Å². The number of halogens is 1. The Bertz CT molecular complexity index is 545. The second kappa shape index (κ2) is 4.97. The number of aromatic carboxylic acids is 1. The van der Waals surface area contributed by atoms with Gasteiger partial charge >= 0.3 is 5.97 Å². The van der Waals surface area contributed by atoms with Gasteiger partial charge < -0.3 is 5.11 Å². The number of carboxylic acids is 1. The summed E-state index contributed by atoms with van der Waals surface area (Å²) in [5, 5.41) is 8.98. The van der Waals surface area contributed by atoms with Crippen molar-refractivity contribution >= 4 is 17.7 Å². The summed E-state index contributed by atoms with van der Waals surface area (Å²) in [7, 11) is 0. The number of rotatable bonds is 3. The highest BCUT2D eigenvalue weighted by Crippen LogP contribution is 2.30. The van der Waals surface area contributed by atoms with Gasteiger partial charge in [-0.05, 0) is 30.3 Å². The molecule has 0 aliphatic rings. The molecule has 1 aromatic carbocycles. The zero-order chi connectivity index (χ0) is 12.3. The first kappa shape index (κ1) is 11.6. The molecule has 0 fully saturated rings. The van der Waals surface area contributed by atoms with Gasteiger partial charge in [-0.3, -0.25) is 4.98 Å². The highest BCUT2D eigenvalue weighted by molar-refractivity contribution is 7.99. The van der Waals surface area contributed by atoms with Crippen LogP contribution >= 0.6 is 11.8 Å². The maximum atomic E-state index is 13.0. The predicted molar refractivity (Wildman–Crippen MR) is 61.7 cm³/mol. The molecule has 1 N–H and O–H groups in total. The van der Waals surface area contributed by atoms with Crippen molar-refractivity contribution in [3.8, 4) is 0 Å². The highest BCUT2D eigenvalue weighted by atomic mass is 32.2. The van der Waals surface area contributed by atoms with E-state index in [1.165, 1.54) is 23.9 Å². The van der Waals surface area contributed by atoms with E-state index in [2.05, 4.69) is 4.98 Å².